The number of aryl methyl sites for hydroxylation is 1. The highest BCUT2D eigenvalue weighted by Crippen LogP contribution is 2.23. The molecule has 0 saturated carbocycles. The van der Waals surface area contributed by atoms with Crippen molar-refractivity contribution in [1.29, 1.82) is 0 Å². The number of nitrogens with one attached hydrogen (secondary N) is 2. The van der Waals surface area contributed by atoms with E-state index in [1.807, 2.05) is 31.2 Å². The van der Waals surface area contributed by atoms with Gasteiger partial charge in [-0.15, -0.1) is 6.58 Å². The van der Waals surface area contributed by atoms with Crippen molar-refractivity contribution in [2.45, 2.75) is 24.9 Å². The van der Waals surface area contributed by atoms with E-state index in [0.717, 1.165) is 11.1 Å². The van der Waals surface area contributed by atoms with Gasteiger partial charge in [0, 0.05) is 18.1 Å². The van der Waals surface area contributed by atoms with E-state index in [-0.39, 0.29) is 30.3 Å². The monoisotopic (exact) mass is 528 g/mol. The van der Waals surface area contributed by atoms with Gasteiger partial charge >= 0.3 is 11.8 Å². The van der Waals surface area contributed by atoms with Crippen LogP contribution >= 0.6 is 11.6 Å². The number of hydrogen-bond acceptors (Lipinski definition) is 6. The van der Waals surface area contributed by atoms with Gasteiger partial charge in [-0.25, -0.2) is 13.8 Å². The molecule has 0 fully saturated rings. The molecule has 0 aliphatic heterocycles. The van der Waals surface area contributed by atoms with Crippen molar-refractivity contribution in [2.75, 3.05) is 6.54 Å². The number of nitrogens with zero attached hydrogens (tertiary/aromatic N) is 2. The number of hydrazone groups is 1. The number of carbonyl (C=O) groups is 2. The zero-order valence-electron chi connectivity index (χ0n) is 19.5. The second-order valence-electron chi connectivity index (χ2n) is 7.71. The summed E-state index contributed by atoms with van der Waals surface area (Å²) in [5, 5.41) is 6.45. The van der Waals surface area contributed by atoms with E-state index in [1.165, 1.54) is 40.9 Å². The van der Waals surface area contributed by atoms with E-state index in [1.54, 1.807) is 12.1 Å². The van der Waals surface area contributed by atoms with Gasteiger partial charge in [0.15, 0.2) is 0 Å². The highest BCUT2D eigenvalue weighted by Gasteiger charge is 2.26. The third kappa shape index (κ3) is 7.38. The third-order valence-corrected chi connectivity index (χ3v) is 6.97. The molecule has 2 aromatic carbocycles. The first kappa shape index (κ1) is 26.9. The summed E-state index contributed by atoms with van der Waals surface area (Å²) in [7, 11) is -3.89. The summed E-state index contributed by atoms with van der Waals surface area (Å²) in [6.45, 7) is 5.61. The van der Waals surface area contributed by atoms with Gasteiger partial charge in [-0.05, 0) is 48.9 Å². The molecule has 0 spiro atoms. The second-order valence-corrected chi connectivity index (χ2v) is 10.1. The Balaban J connectivity index is 1.76. The van der Waals surface area contributed by atoms with Crippen LogP contribution in [-0.4, -0.2) is 37.3 Å². The lowest BCUT2D eigenvalue weighted by atomic mass is 10.1. The first-order chi connectivity index (χ1) is 17.2. The number of carbonyl (C=O) groups excluding carboxylic acids is 2. The Morgan fingerprint density at radius 3 is 2.39 bits per heavy atom. The maximum Gasteiger partial charge on any atom is 0.329 e. The SMILES string of the molecule is C=CCNC(=O)C(=O)N/N=C/c1ccc(CN(Cc2ccc(C)cc2)S(=O)(=O)c2ccc(Cl)cc2)o1. The molecule has 1 heterocycles. The fourth-order valence-electron chi connectivity index (χ4n) is 3.05. The van der Waals surface area contributed by atoms with Crippen LogP contribution in [0.2, 0.25) is 5.02 Å². The predicted molar refractivity (Wildman–Crippen MR) is 137 cm³/mol. The molecule has 0 unspecified atom stereocenters. The molecule has 0 saturated heterocycles. The van der Waals surface area contributed by atoms with Crippen LogP contribution in [0.25, 0.3) is 0 Å². The third-order valence-electron chi connectivity index (χ3n) is 4.92. The highest BCUT2D eigenvalue weighted by molar-refractivity contribution is 7.89. The molecule has 0 radical (unpaired) electrons. The van der Waals surface area contributed by atoms with Crippen LogP contribution in [0.15, 0.2) is 87.7 Å². The Kier molecular flexibility index (Phi) is 9.18. The molecule has 11 heteroatoms. The minimum atomic E-state index is -3.89. The minimum Gasteiger partial charge on any atom is -0.459 e. The topological polar surface area (TPSA) is 121 Å². The van der Waals surface area contributed by atoms with Crippen LogP contribution in [-0.2, 0) is 32.7 Å². The Bertz CT molecular complexity index is 1350. The molecule has 0 bridgehead atoms. The van der Waals surface area contributed by atoms with Gasteiger partial charge in [-0.2, -0.15) is 9.41 Å². The highest BCUT2D eigenvalue weighted by atomic mass is 35.5. The van der Waals surface area contributed by atoms with Gasteiger partial charge in [0.1, 0.15) is 11.5 Å². The van der Waals surface area contributed by atoms with Gasteiger partial charge in [0.05, 0.1) is 17.7 Å². The molecule has 36 heavy (non-hydrogen) atoms. The van der Waals surface area contributed by atoms with Gasteiger partial charge in [-0.3, -0.25) is 9.59 Å². The van der Waals surface area contributed by atoms with Gasteiger partial charge in [0.2, 0.25) is 10.0 Å². The van der Waals surface area contributed by atoms with Crippen molar-refractivity contribution in [3.63, 3.8) is 0 Å². The lowest BCUT2D eigenvalue weighted by Gasteiger charge is -2.21. The average Bonchev–Trinajstić information content (AvgIpc) is 3.30. The molecule has 0 atom stereocenters. The van der Waals surface area contributed by atoms with Crippen LogP contribution < -0.4 is 10.7 Å². The Morgan fingerprint density at radius 2 is 1.72 bits per heavy atom. The Hall–Kier alpha value is -3.73. The van der Waals surface area contributed by atoms with Crippen LogP contribution in [0, 0.1) is 6.92 Å². The fraction of sp³-hybridized carbons (Fsp3) is 0.160. The first-order valence-corrected chi connectivity index (χ1v) is 12.6. The molecular weight excluding hydrogens is 504 g/mol. The molecule has 2 N–H and O–H groups in total. The smallest absolute Gasteiger partial charge is 0.329 e. The number of sulfonamides is 1. The zero-order chi connectivity index (χ0) is 26.1. The normalized spacial score (nSPS) is 11.5. The van der Waals surface area contributed by atoms with Crippen LogP contribution in [0.4, 0.5) is 0 Å². The van der Waals surface area contributed by atoms with Gasteiger partial charge in [0.25, 0.3) is 0 Å². The second kappa shape index (κ2) is 12.3. The number of hydrogen-bond donors (Lipinski definition) is 2. The summed E-state index contributed by atoms with van der Waals surface area (Å²) in [5.74, 6) is -1.18. The summed E-state index contributed by atoms with van der Waals surface area (Å²) < 4.78 is 33.9. The summed E-state index contributed by atoms with van der Waals surface area (Å²) in [6.07, 6.45) is 2.65. The van der Waals surface area contributed by atoms with Gasteiger partial charge < -0.3 is 9.73 Å². The standard InChI is InChI=1S/C25H25ClN4O5S/c1-3-14-27-24(31)25(32)29-28-15-21-10-11-22(35-21)17-30(16-19-6-4-18(2)5-7-19)36(33,34)23-12-8-20(26)9-13-23/h3-13,15H,1,14,16-17H2,2H3,(H,27,31)(H,29,32)/b28-15+. The number of halogens is 1. The molecule has 0 aliphatic rings. The Morgan fingerprint density at radius 1 is 1.03 bits per heavy atom. The van der Waals surface area contributed by atoms with Crippen molar-refractivity contribution in [1.82, 2.24) is 15.0 Å². The molecule has 3 aromatic rings. The van der Waals surface area contributed by atoms with E-state index >= 15 is 0 Å². The molecule has 0 aliphatic carbocycles. The summed E-state index contributed by atoms with van der Waals surface area (Å²) in [5.41, 5.74) is 3.95. The summed E-state index contributed by atoms with van der Waals surface area (Å²) >= 11 is 5.93. The fourth-order valence-corrected chi connectivity index (χ4v) is 4.57. The zero-order valence-corrected chi connectivity index (χ0v) is 21.1. The minimum absolute atomic E-state index is 0.0526. The van der Waals surface area contributed by atoms with Crippen LogP contribution in [0.1, 0.15) is 22.6 Å². The van der Waals surface area contributed by atoms with Gasteiger partial charge in [-0.1, -0.05) is 47.5 Å². The molecule has 9 nitrogen and oxygen atoms in total. The number of rotatable bonds is 10. The van der Waals surface area contributed by atoms with E-state index in [4.69, 9.17) is 16.0 Å². The molecule has 2 amide bonds. The van der Waals surface area contributed by atoms with E-state index in [9.17, 15) is 18.0 Å². The van der Waals surface area contributed by atoms with Crippen LogP contribution in [0.5, 0.6) is 0 Å². The number of amides is 2. The van der Waals surface area contributed by atoms with Crippen molar-refractivity contribution in [2.24, 2.45) is 5.10 Å². The maximum atomic E-state index is 13.4. The lowest BCUT2D eigenvalue weighted by molar-refractivity contribution is -0.139. The Labute approximate surface area is 214 Å². The first-order valence-electron chi connectivity index (χ1n) is 10.8. The summed E-state index contributed by atoms with van der Waals surface area (Å²) in [6, 6.07) is 16.7. The summed E-state index contributed by atoms with van der Waals surface area (Å²) in [4.78, 5) is 23.3. The maximum absolute atomic E-state index is 13.4. The van der Waals surface area contributed by atoms with E-state index in [2.05, 4.69) is 22.4 Å². The van der Waals surface area contributed by atoms with Crippen molar-refractivity contribution >= 4 is 39.7 Å². The van der Waals surface area contributed by atoms with Crippen molar-refractivity contribution < 1.29 is 22.4 Å². The molecule has 188 valence electrons. The van der Waals surface area contributed by atoms with Crippen molar-refractivity contribution in [3.8, 4) is 0 Å². The van der Waals surface area contributed by atoms with E-state index in [0.29, 0.717) is 10.8 Å². The molecular formula is C25H25ClN4O5S. The van der Waals surface area contributed by atoms with Crippen LogP contribution in [0.3, 0.4) is 0 Å². The number of benzene rings is 2. The molecule has 3 rings (SSSR count). The predicted octanol–water partition coefficient (Wildman–Crippen LogP) is 3.38. The van der Waals surface area contributed by atoms with Crippen molar-refractivity contribution in [3.05, 3.63) is 101 Å². The quantitative estimate of drug-likeness (QED) is 0.181. The lowest BCUT2D eigenvalue weighted by Crippen LogP contribution is -2.37. The largest absolute Gasteiger partial charge is 0.459 e. The molecule has 1 aromatic heterocycles. The number of furan rings is 1. The average molecular weight is 529 g/mol. The van der Waals surface area contributed by atoms with E-state index < -0.39 is 21.8 Å².